The number of hydrogen-bond donors (Lipinski definition) is 2. The molecule has 0 bridgehead atoms. The van der Waals surface area contributed by atoms with Crippen molar-refractivity contribution in [3.8, 4) is 0 Å². The van der Waals surface area contributed by atoms with Crippen LogP contribution in [0.5, 0.6) is 0 Å². The van der Waals surface area contributed by atoms with Crippen LogP contribution in [0.25, 0.3) is 0 Å². The van der Waals surface area contributed by atoms with Gasteiger partial charge in [-0.1, -0.05) is 0 Å². The molecule has 1 aliphatic heterocycles. The van der Waals surface area contributed by atoms with Crippen LogP contribution in [0.2, 0.25) is 0 Å². The monoisotopic (exact) mass is 324 g/mol. The van der Waals surface area contributed by atoms with Gasteiger partial charge in [0, 0.05) is 38.3 Å². The van der Waals surface area contributed by atoms with Gasteiger partial charge < -0.3 is 15.2 Å². The SMILES string of the molecule is O=C(O)CN(CC1CC1)C1CC(NC(=O)CCC2CCOC2)C1. The predicted molar refractivity (Wildman–Crippen MR) is 85.0 cm³/mol. The number of carbonyl (C=O) groups is 2. The molecule has 6 nitrogen and oxygen atoms in total. The summed E-state index contributed by atoms with van der Waals surface area (Å²) in [4.78, 5) is 25.1. The highest BCUT2D eigenvalue weighted by Crippen LogP contribution is 2.33. The lowest BCUT2D eigenvalue weighted by Gasteiger charge is -2.42. The third kappa shape index (κ3) is 5.18. The summed E-state index contributed by atoms with van der Waals surface area (Å²) in [6.07, 6.45) is 6.80. The lowest BCUT2D eigenvalue weighted by molar-refractivity contribution is -0.140. The number of carboxylic acids is 1. The van der Waals surface area contributed by atoms with Gasteiger partial charge in [0.05, 0.1) is 6.54 Å². The maximum atomic E-state index is 12.0. The third-order valence-corrected chi connectivity index (χ3v) is 5.33. The molecular formula is C17H28N2O4. The Morgan fingerprint density at radius 1 is 1.17 bits per heavy atom. The molecule has 0 radical (unpaired) electrons. The Balaban J connectivity index is 1.33. The first-order valence-corrected chi connectivity index (χ1v) is 8.93. The molecule has 0 aromatic rings. The zero-order chi connectivity index (χ0) is 16.2. The summed E-state index contributed by atoms with van der Waals surface area (Å²) in [6.45, 7) is 2.66. The van der Waals surface area contributed by atoms with Crippen LogP contribution in [0.3, 0.4) is 0 Å². The Kier molecular flexibility index (Phi) is 5.54. The van der Waals surface area contributed by atoms with Crippen LogP contribution in [-0.4, -0.2) is 60.3 Å². The number of carboxylic acid groups (broad SMARTS) is 1. The first kappa shape index (κ1) is 16.7. The van der Waals surface area contributed by atoms with Crippen LogP contribution < -0.4 is 5.32 Å². The second-order valence-corrected chi connectivity index (χ2v) is 7.42. The van der Waals surface area contributed by atoms with Gasteiger partial charge >= 0.3 is 5.97 Å². The van der Waals surface area contributed by atoms with Crippen molar-refractivity contribution in [1.29, 1.82) is 0 Å². The molecule has 3 fully saturated rings. The highest BCUT2D eigenvalue weighted by molar-refractivity contribution is 5.76. The second kappa shape index (κ2) is 7.62. The highest BCUT2D eigenvalue weighted by Gasteiger charge is 2.37. The Bertz CT molecular complexity index is 426. The van der Waals surface area contributed by atoms with E-state index in [1.807, 2.05) is 0 Å². The minimum Gasteiger partial charge on any atom is -0.480 e. The van der Waals surface area contributed by atoms with Gasteiger partial charge in [0.1, 0.15) is 0 Å². The summed E-state index contributed by atoms with van der Waals surface area (Å²) in [7, 11) is 0. The maximum absolute atomic E-state index is 12.0. The van der Waals surface area contributed by atoms with E-state index in [1.165, 1.54) is 12.8 Å². The van der Waals surface area contributed by atoms with Crippen molar-refractivity contribution >= 4 is 11.9 Å². The topological polar surface area (TPSA) is 78.9 Å². The van der Waals surface area contributed by atoms with Gasteiger partial charge in [0.25, 0.3) is 0 Å². The summed E-state index contributed by atoms with van der Waals surface area (Å²) in [5, 5.41) is 12.1. The fourth-order valence-electron chi connectivity index (χ4n) is 3.60. The van der Waals surface area contributed by atoms with E-state index in [0.717, 1.165) is 45.4 Å². The number of carbonyl (C=O) groups excluding carboxylic acids is 1. The molecule has 2 aliphatic carbocycles. The van der Waals surface area contributed by atoms with Gasteiger partial charge in [-0.15, -0.1) is 0 Å². The Labute approximate surface area is 137 Å². The molecule has 1 saturated heterocycles. The number of hydrogen-bond acceptors (Lipinski definition) is 4. The van der Waals surface area contributed by atoms with E-state index in [-0.39, 0.29) is 18.5 Å². The van der Waals surface area contributed by atoms with Gasteiger partial charge in [-0.2, -0.15) is 0 Å². The van der Waals surface area contributed by atoms with Crippen LogP contribution in [0.4, 0.5) is 0 Å². The van der Waals surface area contributed by atoms with E-state index in [9.17, 15) is 9.59 Å². The van der Waals surface area contributed by atoms with Gasteiger partial charge in [-0.3, -0.25) is 14.5 Å². The predicted octanol–water partition coefficient (Wildman–Crippen LogP) is 1.25. The number of nitrogens with one attached hydrogen (secondary N) is 1. The van der Waals surface area contributed by atoms with Crippen molar-refractivity contribution in [2.24, 2.45) is 11.8 Å². The molecule has 23 heavy (non-hydrogen) atoms. The standard InChI is InChI=1S/C17H28N2O4/c20-16(4-3-13-5-6-23-11-13)18-14-7-15(8-14)19(10-17(21)22)9-12-1-2-12/h12-15H,1-11H2,(H,18,20)(H,21,22). The van der Waals surface area contributed by atoms with Crippen molar-refractivity contribution in [3.63, 3.8) is 0 Å². The molecule has 0 aromatic carbocycles. The fourth-order valence-corrected chi connectivity index (χ4v) is 3.60. The molecule has 1 unspecified atom stereocenters. The third-order valence-electron chi connectivity index (χ3n) is 5.33. The molecule has 1 amide bonds. The Hall–Kier alpha value is -1.14. The second-order valence-electron chi connectivity index (χ2n) is 7.42. The first-order chi connectivity index (χ1) is 11.1. The quantitative estimate of drug-likeness (QED) is 0.667. The zero-order valence-electron chi connectivity index (χ0n) is 13.7. The molecule has 130 valence electrons. The average Bonchev–Trinajstić information content (AvgIpc) is 3.11. The van der Waals surface area contributed by atoms with Crippen molar-refractivity contribution in [3.05, 3.63) is 0 Å². The van der Waals surface area contributed by atoms with Crippen molar-refractivity contribution in [2.45, 2.75) is 57.0 Å². The molecule has 1 heterocycles. The molecule has 6 heteroatoms. The lowest BCUT2D eigenvalue weighted by Crippen LogP contribution is -2.55. The molecule has 0 aromatic heterocycles. The minimum atomic E-state index is -0.753. The van der Waals surface area contributed by atoms with Gasteiger partial charge in [0.15, 0.2) is 0 Å². The maximum Gasteiger partial charge on any atom is 0.317 e. The lowest BCUT2D eigenvalue weighted by atomic mass is 9.85. The van der Waals surface area contributed by atoms with Crippen molar-refractivity contribution in [2.75, 3.05) is 26.3 Å². The fraction of sp³-hybridized carbons (Fsp3) is 0.882. The van der Waals surface area contributed by atoms with E-state index >= 15 is 0 Å². The highest BCUT2D eigenvalue weighted by atomic mass is 16.5. The summed E-state index contributed by atoms with van der Waals surface area (Å²) in [6, 6.07) is 0.544. The van der Waals surface area contributed by atoms with Crippen LogP contribution in [0.1, 0.15) is 44.9 Å². The van der Waals surface area contributed by atoms with E-state index in [2.05, 4.69) is 10.2 Å². The van der Waals surface area contributed by atoms with E-state index in [4.69, 9.17) is 9.84 Å². The molecule has 2 N–H and O–H groups in total. The van der Waals surface area contributed by atoms with Crippen LogP contribution in [0, 0.1) is 11.8 Å². The van der Waals surface area contributed by atoms with Gasteiger partial charge in [0.2, 0.25) is 5.91 Å². The average molecular weight is 324 g/mol. The summed E-state index contributed by atoms with van der Waals surface area (Å²) in [5.74, 6) is 0.611. The van der Waals surface area contributed by atoms with Crippen LogP contribution in [0.15, 0.2) is 0 Å². The molecule has 3 rings (SSSR count). The summed E-state index contributed by atoms with van der Waals surface area (Å²) in [5.41, 5.74) is 0. The van der Waals surface area contributed by atoms with Gasteiger partial charge in [-0.25, -0.2) is 0 Å². The largest absolute Gasteiger partial charge is 0.480 e. The molecule has 0 spiro atoms. The van der Waals surface area contributed by atoms with Crippen molar-refractivity contribution < 1.29 is 19.4 Å². The first-order valence-electron chi connectivity index (χ1n) is 8.93. The zero-order valence-corrected chi connectivity index (χ0v) is 13.7. The number of amides is 1. The number of aliphatic carboxylic acids is 1. The summed E-state index contributed by atoms with van der Waals surface area (Å²) >= 11 is 0. The van der Waals surface area contributed by atoms with E-state index in [1.54, 1.807) is 0 Å². The number of ether oxygens (including phenoxy) is 1. The number of rotatable bonds is 9. The van der Waals surface area contributed by atoms with Crippen LogP contribution >= 0.6 is 0 Å². The van der Waals surface area contributed by atoms with Gasteiger partial charge in [-0.05, 0) is 50.4 Å². The van der Waals surface area contributed by atoms with E-state index in [0.29, 0.717) is 24.3 Å². The summed E-state index contributed by atoms with van der Waals surface area (Å²) < 4.78 is 5.33. The Morgan fingerprint density at radius 2 is 1.96 bits per heavy atom. The number of nitrogens with zero attached hydrogens (tertiary/aromatic N) is 1. The molecule has 2 saturated carbocycles. The van der Waals surface area contributed by atoms with E-state index < -0.39 is 5.97 Å². The van der Waals surface area contributed by atoms with Crippen LogP contribution in [-0.2, 0) is 14.3 Å². The Morgan fingerprint density at radius 3 is 2.57 bits per heavy atom. The van der Waals surface area contributed by atoms with Crippen molar-refractivity contribution in [1.82, 2.24) is 10.2 Å². The normalized spacial score (nSPS) is 30.2. The molecule has 3 aliphatic rings. The minimum absolute atomic E-state index is 0.128. The smallest absolute Gasteiger partial charge is 0.317 e. The molecule has 1 atom stereocenters. The molecular weight excluding hydrogens is 296 g/mol.